The first-order valence-corrected chi connectivity index (χ1v) is 12.8. The molecule has 0 aliphatic rings. The Morgan fingerprint density at radius 3 is 2.55 bits per heavy atom. The van der Waals surface area contributed by atoms with E-state index in [9.17, 15) is 4.79 Å². The van der Waals surface area contributed by atoms with Gasteiger partial charge < -0.3 is 18.6 Å². The van der Waals surface area contributed by atoms with Gasteiger partial charge >= 0.3 is 5.97 Å². The number of carbonyl (C=O) groups is 1. The topological polar surface area (TPSA) is 79.4 Å². The fourth-order valence-electron chi connectivity index (χ4n) is 4.36. The molecule has 5 aromatic rings. The monoisotopic (exact) mass is 549 g/mol. The molecule has 5 rings (SSSR count). The number of esters is 1. The van der Waals surface area contributed by atoms with Crippen molar-refractivity contribution < 1.29 is 18.8 Å². The van der Waals surface area contributed by atoms with Crippen molar-refractivity contribution in [2.75, 3.05) is 7.11 Å². The Bertz CT molecular complexity index is 1600. The number of methoxy groups -OCH3 is 1. The molecule has 0 saturated carbocycles. The number of halogens is 2. The Kier molecular flexibility index (Phi) is 7.40. The van der Waals surface area contributed by atoms with Crippen LogP contribution in [0.5, 0.6) is 5.75 Å². The Morgan fingerprint density at radius 2 is 1.82 bits per heavy atom. The molecular weight excluding hydrogens is 525 g/mol. The van der Waals surface area contributed by atoms with E-state index in [0.717, 1.165) is 27.9 Å². The number of pyridine rings is 1. The van der Waals surface area contributed by atoms with Crippen LogP contribution in [0.1, 0.15) is 47.3 Å². The van der Waals surface area contributed by atoms with Crippen molar-refractivity contribution in [3.63, 3.8) is 0 Å². The fraction of sp³-hybridized carbons (Fsp3) is 0.207. The van der Waals surface area contributed by atoms with Crippen LogP contribution in [0.3, 0.4) is 0 Å². The molecule has 0 unspecified atom stereocenters. The van der Waals surface area contributed by atoms with E-state index in [2.05, 4.69) is 14.7 Å². The Labute approximate surface area is 229 Å². The largest absolute Gasteiger partial charge is 0.489 e. The van der Waals surface area contributed by atoms with Gasteiger partial charge in [0.1, 0.15) is 29.5 Å². The van der Waals surface area contributed by atoms with Crippen LogP contribution < -0.4 is 4.74 Å². The maximum Gasteiger partial charge on any atom is 0.356 e. The molecule has 0 spiro atoms. The van der Waals surface area contributed by atoms with Gasteiger partial charge in [0, 0.05) is 28.6 Å². The summed E-state index contributed by atoms with van der Waals surface area (Å²) in [6.07, 6.45) is 1.98. The third kappa shape index (κ3) is 5.12. The van der Waals surface area contributed by atoms with Crippen LogP contribution in [-0.4, -0.2) is 27.8 Å². The van der Waals surface area contributed by atoms with Crippen molar-refractivity contribution >= 4 is 40.1 Å². The van der Waals surface area contributed by atoms with E-state index in [-0.39, 0.29) is 18.2 Å². The molecule has 0 radical (unpaired) electrons. The highest BCUT2D eigenvalue weighted by atomic mass is 35.5. The molecule has 9 heteroatoms. The minimum atomic E-state index is -0.459. The zero-order chi connectivity index (χ0) is 26.8. The van der Waals surface area contributed by atoms with Gasteiger partial charge in [0.25, 0.3) is 0 Å². The zero-order valence-electron chi connectivity index (χ0n) is 21.1. The van der Waals surface area contributed by atoms with Gasteiger partial charge in [-0.25, -0.2) is 9.78 Å². The summed E-state index contributed by atoms with van der Waals surface area (Å²) in [7, 11) is 1.34. The maximum atomic E-state index is 11.8. The number of ether oxygens (including phenoxy) is 2. The molecule has 0 atom stereocenters. The van der Waals surface area contributed by atoms with Crippen LogP contribution in [0.4, 0.5) is 0 Å². The van der Waals surface area contributed by atoms with Crippen LogP contribution in [0.2, 0.25) is 10.0 Å². The van der Waals surface area contributed by atoms with Gasteiger partial charge in [-0.3, -0.25) is 0 Å². The highest BCUT2D eigenvalue weighted by molar-refractivity contribution is 6.39. The van der Waals surface area contributed by atoms with E-state index < -0.39 is 5.97 Å². The first-order chi connectivity index (χ1) is 18.4. The second-order valence-corrected chi connectivity index (χ2v) is 9.90. The van der Waals surface area contributed by atoms with Crippen LogP contribution in [-0.2, 0) is 17.9 Å². The molecule has 3 aromatic heterocycles. The fourth-order valence-corrected chi connectivity index (χ4v) is 4.93. The lowest BCUT2D eigenvalue weighted by atomic mass is 10.0. The summed E-state index contributed by atoms with van der Waals surface area (Å²) in [4.78, 5) is 16.2. The minimum Gasteiger partial charge on any atom is -0.489 e. The Balaban J connectivity index is 1.39. The van der Waals surface area contributed by atoms with Crippen molar-refractivity contribution in [3.8, 4) is 17.0 Å². The molecule has 0 amide bonds. The lowest BCUT2D eigenvalue weighted by Crippen LogP contribution is -2.07. The van der Waals surface area contributed by atoms with Gasteiger partial charge in [-0.05, 0) is 48.5 Å². The van der Waals surface area contributed by atoms with Gasteiger partial charge in [0.2, 0.25) is 0 Å². The van der Waals surface area contributed by atoms with E-state index >= 15 is 0 Å². The summed E-state index contributed by atoms with van der Waals surface area (Å²) in [5.74, 6) is 1.07. The summed E-state index contributed by atoms with van der Waals surface area (Å²) in [5, 5.41) is 6.30. The quantitative estimate of drug-likeness (QED) is 0.186. The Hall–Kier alpha value is -3.81. The van der Waals surface area contributed by atoms with Gasteiger partial charge in [0.05, 0.1) is 35.0 Å². The summed E-state index contributed by atoms with van der Waals surface area (Å²) in [6.45, 7) is 4.82. The van der Waals surface area contributed by atoms with Gasteiger partial charge in [-0.1, -0.05) is 54.3 Å². The first kappa shape index (κ1) is 25.8. The highest BCUT2D eigenvalue weighted by Gasteiger charge is 2.24. The molecule has 2 aromatic carbocycles. The average Bonchev–Trinajstić information content (AvgIpc) is 3.51. The van der Waals surface area contributed by atoms with Crippen molar-refractivity contribution in [2.45, 2.75) is 32.9 Å². The second kappa shape index (κ2) is 10.9. The molecule has 194 valence electrons. The molecule has 7 nitrogen and oxygen atoms in total. The number of hydrogen-bond acceptors (Lipinski definition) is 6. The molecule has 3 heterocycles. The maximum absolute atomic E-state index is 11.8. The van der Waals surface area contributed by atoms with Gasteiger partial charge in [-0.2, -0.15) is 0 Å². The van der Waals surface area contributed by atoms with Gasteiger partial charge in [-0.15, -0.1) is 0 Å². The van der Waals surface area contributed by atoms with Crippen molar-refractivity contribution in [1.29, 1.82) is 0 Å². The number of hydrogen-bond donors (Lipinski definition) is 0. The van der Waals surface area contributed by atoms with E-state index in [1.165, 1.54) is 7.11 Å². The van der Waals surface area contributed by atoms with Crippen LogP contribution >= 0.6 is 23.2 Å². The minimum absolute atomic E-state index is 0.0962. The smallest absolute Gasteiger partial charge is 0.356 e. The number of fused-ring (bicyclic) bond motifs is 1. The lowest BCUT2D eigenvalue weighted by Gasteiger charge is -2.11. The van der Waals surface area contributed by atoms with E-state index in [1.807, 2.05) is 50.4 Å². The number of rotatable bonds is 8. The number of carbonyl (C=O) groups excluding carboxylic acids is 1. The summed E-state index contributed by atoms with van der Waals surface area (Å²) < 4.78 is 18.7. The average molecular weight is 550 g/mol. The lowest BCUT2D eigenvalue weighted by molar-refractivity contribution is 0.0593. The Morgan fingerprint density at radius 1 is 1.05 bits per heavy atom. The zero-order valence-corrected chi connectivity index (χ0v) is 22.6. The molecule has 0 aliphatic carbocycles. The van der Waals surface area contributed by atoms with Crippen LogP contribution in [0, 0.1) is 0 Å². The van der Waals surface area contributed by atoms with Crippen molar-refractivity contribution in [3.05, 3.63) is 99.6 Å². The SMILES string of the molecule is COC(=O)c1cccc(Cn2ccc3cc(OCc4c(-c5c(Cl)cccc5Cl)noc4C(C)C)ccc32)n1. The van der Waals surface area contributed by atoms with Crippen molar-refractivity contribution in [2.24, 2.45) is 0 Å². The normalized spacial score (nSPS) is 11.3. The molecule has 0 saturated heterocycles. The van der Waals surface area contributed by atoms with E-state index in [0.29, 0.717) is 33.6 Å². The highest BCUT2D eigenvalue weighted by Crippen LogP contribution is 2.39. The third-order valence-corrected chi connectivity index (χ3v) is 6.83. The first-order valence-electron chi connectivity index (χ1n) is 12.0. The summed E-state index contributed by atoms with van der Waals surface area (Å²) >= 11 is 12.9. The van der Waals surface area contributed by atoms with Gasteiger partial charge in [0.15, 0.2) is 0 Å². The number of nitrogens with zero attached hydrogens (tertiary/aromatic N) is 3. The number of aromatic nitrogens is 3. The van der Waals surface area contributed by atoms with Crippen LogP contribution in [0.15, 0.2) is 71.4 Å². The molecule has 0 aliphatic heterocycles. The molecule has 38 heavy (non-hydrogen) atoms. The summed E-state index contributed by atoms with van der Waals surface area (Å²) in [5.41, 5.74) is 4.07. The van der Waals surface area contributed by atoms with E-state index in [4.69, 9.17) is 37.2 Å². The number of benzene rings is 2. The standard InChI is InChI=1S/C29H25Cl2N3O4/c1-17(2)28-21(27(33-38-28)26-22(30)7-5-8-23(26)31)16-37-20-10-11-25-18(14-20)12-13-34(25)15-19-6-4-9-24(32-19)29(35)36-3/h4-14,17H,15-16H2,1-3H3. The molecule has 0 fully saturated rings. The second-order valence-electron chi connectivity index (χ2n) is 9.08. The van der Waals surface area contributed by atoms with Crippen molar-refractivity contribution in [1.82, 2.24) is 14.7 Å². The molecule has 0 N–H and O–H groups in total. The summed E-state index contributed by atoms with van der Waals surface area (Å²) in [6, 6.07) is 18.6. The third-order valence-electron chi connectivity index (χ3n) is 6.20. The predicted octanol–water partition coefficient (Wildman–Crippen LogP) is 7.54. The molecule has 0 bridgehead atoms. The van der Waals surface area contributed by atoms with E-state index in [1.54, 1.807) is 30.3 Å². The van der Waals surface area contributed by atoms with Crippen LogP contribution in [0.25, 0.3) is 22.2 Å². The predicted molar refractivity (Wildman–Crippen MR) is 147 cm³/mol. The molecular formula is C29H25Cl2N3O4.